The number of carbonyl (C=O) groups excluding carboxylic acids is 4. The molecule has 4 amide bonds. The molecule has 0 aliphatic carbocycles. The standard InChI is InChI=1S/C44H44F3N7O6/c1-51-35-13-16-48-23-34(35)31-8-5-26(20-37(31)51)27-6-11-39(49-22-27)53-24-30(25-53)59-28-14-18-52(19-15-28)17-3-2-4-38(44(45,46)47)60-29-7-9-32-33(21-29)43(58)54(42(32)57)36-10-12-40(55)50-41(36)56/h5-9,11,13,16,20-23,28,30,36,38H,2-4,10,12,14-15,17-19,24-25H2,1H3,(H,50,55,56). The normalized spacial score (nSPS) is 19.9. The van der Waals surface area contributed by atoms with E-state index in [1.165, 1.54) is 17.5 Å². The van der Waals surface area contributed by atoms with Crippen LogP contribution in [0.2, 0.25) is 0 Å². The molecule has 3 saturated heterocycles. The Bertz CT molecular complexity index is 2480. The average Bonchev–Trinajstić information content (AvgIpc) is 3.65. The molecule has 60 heavy (non-hydrogen) atoms. The van der Waals surface area contributed by atoms with Gasteiger partial charge >= 0.3 is 6.18 Å². The average molecular weight is 824 g/mol. The number of imide groups is 2. The minimum absolute atomic E-state index is 0.0265. The van der Waals surface area contributed by atoms with Gasteiger partial charge in [-0.15, -0.1) is 0 Å². The lowest BCUT2D eigenvalue weighted by Crippen LogP contribution is -2.54. The van der Waals surface area contributed by atoms with Gasteiger partial charge in [0.05, 0.1) is 28.9 Å². The van der Waals surface area contributed by atoms with Crippen LogP contribution in [0.25, 0.3) is 32.9 Å². The van der Waals surface area contributed by atoms with E-state index in [2.05, 4.69) is 62.0 Å². The Balaban J connectivity index is 0.701. The second-order valence-corrected chi connectivity index (χ2v) is 16.1. The van der Waals surface area contributed by atoms with Crippen LogP contribution in [0.4, 0.5) is 19.0 Å². The van der Waals surface area contributed by atoms with Gasteiger partial charge in [0.15, 0.2) is 6.10 Å². The third-order valence-corrected chi connectivity index (χ3v) is 12.2. The number of amides is 4. The maximum absolute atomic E-state index is 14.1. The molecule has 2 aromatic carbocycles. The number of nitrogens with zero attached hydrogens (tertiary/aromatic N) is 6. The fourth-order valence-corrected chi connectivity index (χ4v) is 8.87. The summed E-state index contributed by atoms with van der Waals surface area (Å²) in [7, 11) is 2.07. The van der Waals surface area contributed by atoms with Crippen LogP contribution < -0.4 is 15.0 Å². The summed E-state index contributed by atoms with van der Waals surface area (Å²) in [6, 6.07) is 15.1. The molecule has 2 unspecified atom stereocenters. The monoisotopic (exact) mass is 823 g/mol. The van der Waals surface area contributed by atoms with Crippen molar-refractivity contribution in [2.45, 2.75) is 75.5 Å². The lowest BCUT2D eigenvalue weighted by molar-refractivity contribution is -0.197. The number of alkyl halides is 3. The van der Waals surface area contributed by atoms with Gasteiger partial charge in [0.25, 0.3) is 11.8 Å². The van der Waals surface area contributed by atoms with E-state index in [0.717, 1.165) is 83.4 Å². The number of unbranched alkanes of at least 4 members (excludes halogenated alkanes) is 1. The first-order valence-electron chi connectivity index (χ1n) is 20.4. The summed E-state index contributed by atoms with van der Waals surface area (Å²) in [5, 5.41) is 4.43. The summed E-state index contributed by atoms with van der Waals surface area (Å²) >= 11 is 0. The number of aryl methyl sites for hydroxylation is 1. The summed E-state index contributed by atoms with van der Waals surface area (Å²) in [5.74, 6) is -2.11. The van der Waals surface area contributed by atoms with Crippen molar-refractivity contribution in [1.82, 2.24) is 29.7 Å². The lowest BCUT2D eigenvalue weighted by atomic mass is 10.0. The Labute approximate surface area is 343 Å². The SMILES string of the molecule is Cn1c2ccncc2c2ccc(-c3ccc(N4CC(OC5CCN(CCCCC(Oc6ccc7c(c6)C(=O)N(C6CCC(=O)NC6=O)C7=O)C(F)(F)F)CC5)C4)nc3)cc21. The number of anilines is 1. The molecule has 2 atom stereocenters. The van der Waals surface area contributed by atoms with Gasteiger partial charge in [-0.1, -0.05) is 12.1 Å². The number of carbonyl (C=O) groups is 4. The maximum Gasteiger partial charge on any atom is 0.425 e. The van der Waals surface area contributed by atoms with Crippen LogP contribution in [-0.2, 0) is 21.4 Å². The molecule has 16 heteroatoms. The number of nitrogens with one attached hydrogen (secondary N) is 1. The van der Waals surface area contributed by atoms with Crippen molar-refractivity contribution in [3.05, 3.63) is 84.3 Å². The topological polar surface area (TPSA) is 139 Å². The highest BCUT2D eigenvalue weighted by Gasteiger charge is 2.46. The molecule has 13 nitrogen and oxygen atoms in total. The van der Waals surface area contributed by atoms with Crippen LogP contribution >= 0.6 is 0 Å². The van der Waals surface area contributed by atoms with Crippen molar-refractivity contribution in [2.75, 3.05) is 37.6 Å². The molecular weight excluding hydrogens is 780 g/mol. The number of benzene rings is 2. The summed E-state index contributed by atoms with van der Waals surface area (Å²) < 4.78 is 56.2. The number of aromatic nitrogens is 3. The molecule has 1 N–H and O–H groups in total. The first-order chi connectivity index (χ1) is 28.9. The number of pyridine rings is 2. The maximum atomic E-state index is 14.1. The van der Waals surface area contributed by atoms with Crippen LogP contribution in [0.15, 0.2) is 73.2 Å². The van der Waals surface area contributed by atoms with E-state index >= 15 is 0 Å². The zero-order chi connectivity index (χ0) is 41.7. The molecule has 3 fully saturated rings. The van der Waals surface area contributed by atoms with Gasteiger partial charge < -0.3 is 23.8 Å². The van der Waals surface area contributed by atoms with E-state index in [1.807, 2.05) is 24.7 Å². The van der Waals surface area contributed by atoms with Crippen molar-refractivity contribution < 1.29 is 41.8 Å². The van der Waals surface area contributed by atoms with E-state index in [4.69, 9.17) is 14.5 Å². The van der Waals surface area contributed by atoms with Crippen LogP contribution in [0, 0.1) is 0 Å². The lowest BCUT2D eigenvalue weighted by Gasteiger charge is -2.43. The molecule has 3 aromatic heterocycles. The molecular formula is C44H44F3N7O6. The molecule has 0 radical (unpaired) electrons. The minimum atomic E-state index is -4.66. The van der Waals surface area contributed by atoms with Crippen LogP contribution in [-0.4, -0.2) is 111 Å². The smallest absolute Gasteiger partial charge is 0.425 e. The van der Waals surface area contributed by atoms with E-state index < -0.39 is 42.0 Å². The molecule has 0 spiro atoms. The Hall–Kier alpha value is -5.87. The van der Waals surface area contributed by atoms with Crippen molar-refractivity contribution in [3.63, 3.8) is 0 Å². The van der Waals surface area contributed by atoms with Gasteiger partial charge in [0, 0.05) is 80.1 Å². The molecule has 5 aromatic rings. The first kappa shape index (κ1) is 39.6. The number of halogens is 3. The third kappa shape index (κ3) is 7.69. The number of hydrogen-bond acceptors (Lipinski definition) is 10. The molecule has 4 aliphatic heterocycles. The number of piperidine rings is 2. The first-order valence-corrected chi connectivity index (χ1v) is 20.4. The van der Waals surface area contributed by atoms with Crippen LogP contribution in [0.1, 0.15) is 65.7 Å². The number of hydrogen-bond donors (Lipinski definition) is 1. The van der Waals surface area contributed by atoms with E-state index in [0.29, 0.717) is 13.0 Å². The Morgan fingerprint density at radius 2 is 1.62 bits per heavy atom. The fraction of sp³-hybridized carbons (Fsp3) is 0.409. The summed E-state index contributed by atoms with van der Waals surface area (Å²) in [4.78, 5) is 64.3. The molecule has 0 saturated carbocycles. The highest BCUT2D eigenvalue weighted by atomic mass is 19.4. The zero-order valence-corrected chi connectivity index (χ0v) is 33.0. The number of fused-ring (bicyclic) bond motifs is 4. The zero-order valence-electron chi connectivity index (χ0n) is 33.0. The van der Waals surface area contributed by atoms with Crippen molar-refractivity contribution >= 4 is 51.3 Å². The van der Waals surface area contributed by atoms with Crippen molar-refractivity contribution in [2.24, 2.45) is 7.05 Å². The van der Waals surface area contributed by atoms with Crippen molar-refractivity contribution in [3.8, 4) is 16.9 Å². The number of likely N-dealkylation sites (tertiary alicyclic amines) is 1. The molecule has 4 aliphatic rings. The summed E-state index contributed by atoms with van der Waals surface area (Å²) in [6.07, 6.45) is 1.34. The highest BCUT2D eigenvalue weighted by molar-refractivity contribution is 6.23. The van der Waals surface area contributed by atoms with Gasteiger partial charge in [-0.25, -0.2) is 4.98 Å². The molecule has 9 rings (SSSR count). The second kappa shape index (κ2) is 16.0. The summed E-state index contributed by atoms with van der Waals surface area (Å²) in [6.45, 7) is 3.82. The quantitative estimate of drug-likeness (QED) is 0.117. The highest BCUT2D eigenvalue weighted by Crippen LogP contribution is 2.35. The van der Waals surface area contributed by atoms with E-state index in [9.17, 15) is 32.3 Å². The van der Waals surface area contributed by atoms with Gasteiger partial charge in [-0.05, 0) is 93.1 Å². The predicted octanol–water partition coefficient (Wildman–Crippen LogP) is 6.04. The van der Waals surface area contributed by atoms with Gasteiger partial charge in [-0.3, -0.25) is 34.4 Å². The third-order valence-electron chi connectivity index (χ3n) is 12.2. The molecule has 7 heterocycles. The van der Waals surface area contributed by atoms with Gasteiger partial charge in [-0.2, -0.15) is 13.2 Å². The van der Waals surface area contributed by atoms with Crippen molar-refractivity contribution in [1.29, 1.82) is 0 Å². The second-order valence-electron chi connectivity index (χ2n) is 16.1. The fourth-order valence-electron chi connectivity index (χ4n) is 8.87. The van der Waals surface area contributed by atoms with E-state index in [-0.39, 0.29) is 54.8 Å². The number of rotatable bonds is 12. The van der Waals surface area contributed by atoms with E-state index in [1.54, 1.807) is 0 Å². The summed E-state index contributed by atoms with van der Waals surface area (Å²) in [5.41, 5.74) is 4.27. The largest absolute Gasteiger partial charge is 0.481 e. The molecule has 312 valence electrons. The molecule has 0 bridgehead atoms. The van der Waals surface area contributed by atoms with Gasteiger partial charge in [0.2, 0.25) is 11.8 Å². The number of ether oxygens (including phenoxy) is 2. The Kier molecular flexibility index (Phi) is 10.5. The Morgan fingerprint density at radius 1 is 0.833 bits per heavy atom. The van der Waals surface area contributed by atoms with Crippen LogP contribution in [0.3, 0.4) is 0 Å². The van der Waals surface area contributed by atoms with Crippen LogP contribution in [0.5, 0.6) is 5.75 Å². The predicted molar refractivity (Wildman–Crippen MR) is 215 cm³/mol. The van der Waals surface area contributed by atoms with Gasteiger partial charge in [0.1, 0.15) is 17.6 Å². The minimum Gasteiger partial charge on any atom is -0.481 e. The Morgan fingerprint density at radius 3 is 2.37 bits per heavy atom.